The van der Waals surface area contributed by atoms with E-state index in [4.69, 9.17) is 16.3 Å². The first-order valence-corrected chi connectivity index (χ1v) is 4.57. The topological polar surface area (TPSA) is 26.3 Å². The van der Waals surface area contributed by atoms with Crippen LogP contribution >= 0.6 is 11.6 Å². The fourth-order valence-electron chi connectivity index (χ4n) is 1.15. The van der Waals surface area contributed by atoms with Crippen molar-refractivity contribution in [2.75, 3.05) is 6.61 Å². The summed E-state index contributed by atoms with van der Waals surface area (Å²) < 4.78 is 18.3. The molecule has 0 N–H and O–H groups in total. The van der Waals surface area contributed by atoms with Gasteiger partial charge in [0.2, 0.25) is 0 Å². The number of Topliss-reactive ketones (excluding diaryl/α,β-unsaturated/α-hetero) is 1. The number of hydrogen-bond donors (Lipinski definition) is 0. The molecule has 0 atom stereocenters. The van der Waals surface area contributed by atoms with Crippen molar-refractivity contribution in [1.82, 2.24) is 0 Å². The van der Waals surface area contributed by atoms with Gasteiger partial charge in [0, 0.05) is 0 Å². The molecule has 0 bridgehead atoms. The number of ether oxygens (including phenoxy) is 1. The summed E-state index contributed by atoms with van der Waals surface area (Å²) in [6.45, 7) is 3.32. The molecule has 1 aromatic rings. The van der Waals surface area contributed by atoms with Gasteiger partial charge in [0.05, 0.1) is 17.2 Å². The molecule has 76 valence electrons. The first-order chi connectivity index (χ1) is 6.57. The smallest absolute Gasteiger partial charge is 0.167 e. The molecular formula is C10H10ClFO2. The highest BCUT2D eigenvalue weighted by atomic mass is 35.5. The lowest BCUT2D eigenvalue weighted by molar-refractivity contribution is 0.101. The third-order valence-corrected chi connectivity index (χ3v) is 2.01. The van der Waals surface area contributed by atoms with Crippen LogP contribution in [0.25, 0.3) is 0 Å². The van der Waals surface area contributed by atoms with Crippen molar-refractivity contribution in [1.29, 1.82) is 0 Å². The van der Waals surface area contributed by atoms with Gasteiger partial charge >= 0.3 is 0 Å². The third kappa shape index (κ3) is 2.04. The van der Waals surface area contributed by atoms with Crippen molar-refractivity contribution in [3.63, 3.8) is 0 Å². The molecule has 0 heterocycles. The Labute approximate surface area is 86.6 Å². The van der Waals surface area contributed by atoms with Gasteiger partial charge in [-0.3, -0.25) is 4.79 Å². The molecule has 4 heteroatoms. The third-order valence-electron chi connectivity index (χ3n) is 1.70. The maximum atomic E-state index is 13.2. The molecule has 0 fully saturated rings. The van der Waals surface area contributed by atoms with Crippen molar-refractivity contribution < 1.29 is 13.9 Å². The Morgan fingerprint density at radius 2 is 2.21 bits per heavy atom. The molecule has 0 saturated heterocycles. The second-order valence-corrected chi connectivity index (χ2v) is 3.13. The number of hydrogen-bond acceptors (Lipinski definition) is 2. The molecule has 0 aliphatic heterocycles. The number of rotatable bonds is 3. The van der Waals surface area contributed by atoms with E-state index in [1.807, 2.05) is 0 Å². The predicted molar refractivity (Wildman–Crippen MR) is 52.6 cm³/mol. The van der Waals surface area contributed by atoms with Gasteiger partial charge in [0.25, 0.3) is 0 Å². The zero-order valence-electron chi connectivity index (χ0n) is 7.93. The Morgan fingerprint density at radius 3 is 2.71 bits per heavy atom. The summed E-state index contributed by atoms with van der Waals surface area (Å²) in [6.07, 6.45) is 0. The second kappa shape index (κ2) is 4.42. The monoisotopic (exact) mass is 216 g/mol. The maximum absolute atomic E-state index is 13.2. The van der Waals surface area contributed by atoms with Gasteiger partial charge in [-0.25, -0.2) is 4.39 Å². The zero-order chi connectivity index (χ0) is 10.7. The zero-order valence-corrected chi connectivity index (χ0v) is 8.69. The van der Waals surface area contributed by atoms with Crippen LogP contribution in [0.2, 0.25) is 5.02 Å². The first-order valence-electron chi connectivity index (χ1n) is 4.19. The van der Waals surface area contributed by atoms with Crippen molar-refractivity contribution in [2.24, 2.45) is 0 Å². The van der Waals surface area contributed by atoms with Gasteiger partial charge in [-0.1, -0.05) is 11.6 Å². The van der Waals surface area contributed by atoms with Crippen LogP contribution in [-0.2, 0) is 0 Å². The van der Waals surface area contributed by atoms with E-state index in [0.29, 0.717) is 0 Å². The van der Waals surface area contributed by atoms with Crippen LogP contribution < -0.4 is 4.74 Å². The van der Waals surface area contributed by atoms with Gasteiger partial charge in [0.1, 0.15) is 0 Å². The summed E-state index contributed by atoms with van der Waals surface area (Å²) in [5.74, 6) is -0.938. The van der Waals surface area contributed by atoms with Crippen LogP contribution in [-0.4, -0.2) is 12.4 Å². The molecule has 0 aliphatic rings. The van der Waals surface area contributed by atoms with Crippen LogP contribution in [0, 0.1) is 5.82 Å². The standard InChI is InChI=1S/C10H10ClFO2/c1-3-14-10-8(12)5-4-7(11)9(10)6(2)13/h4-5H,3H2,1-2H3. The number of benzene rings is 1. The molecule has 0 amide bonds. The Balaban J connectivity index is 3.33. The average molecular weight is 217 g/mol. The van der Waals surface area contributed by atoms with Gasteiger partial charge in [-0.2, -0.15) is 0 Å². The highest BCUT2D eigenvalue weighted by Crippen LogP contribution is 2.29. The quantitative estimate of drug-likeness (QED) is 0.726. The fraction of sp³-hybridized carbons (Fsp3) is 0.300. The number of carbonyl (C=O) groups excluding carboxylic acids is 1. The summed E-state index contributed by atoms with van der Waals surface area (Å²) in [7, 11) is 0. The normalized spacial score (nSPS) is 10.0. The van der Waals surface area contributed by atoms with Gasteiger partial charge in [-0.15, -0.1) is 0 Å². The SMILES string of the molecule is CCOc1c(F)ccc(Cl)c1C(C)=O. The van der Waals surface area contributed by atoms with Crippen LogP contribution in [0.3, 0.4) is 0 Å². The van der Waals surface area contributed by atoms with Gasteiger partial charge < -0.3 is 4.74 Å². The molecule has 1 rings (SSSR count). The highest BCUT2D eigenvalue weighted by Gasteiger charge is 2.17. The van der Waals surface area contributed by atoms with E-state index in [-0.39, 0.29) is 28.7 Å². The number of halogens is 2. The number of carbonyl (C=O) groups is 1. The average Bonchev–Trinajstić information content (AvgIpc) is 2.11. The van der Waals surface area contributed by atoms with E-state index < -0.39 is 5.82 Å². The molecule has 0 radical (unpaired) electrons. The van der Waals surface area contributed by atoms with Crippen molar-refractivity contribution in [2.45, 2.75) is 13.8 Å². The summed E-state index contributed by atoms with van der Waals surface area (Å²) in [5.41, 5.74) is 0.105. The van der Waals surface area contributed by atoms with Gasteiger partial charge in [-0.05, 0) is 26.0 Å². The highest BCUT2D eigenvalue weighted by molar-refractivity contribution is 6.34. The lowest BCUT2D eigenvalue weighted by atomic mass is 10.1. The minimum Gasteiger partial charge on any atom is -0.490 e. The summed E-state index contributed by atoms with van der Waals surface area (Å²) >= 11 is 5.76. The molecule has 0 unspecified atom stereocenters. The van der Waals surface area contributed by atoms with Crippen molar-refractivity contribution in [3.05, 3.63) is 28.5 Å². The van der Waals surface area contributed by atoms with E-state index in [9.17, 15) is 9.18 Å². The van der Waals surface area contributed by atoms with E-state index in [1.54, 1.807) is 6.92 Å². The molecule has 1 aromatic carbocycles. The largest absolute Gasteiger partial charge is 0.490 e. The molecular weight excluding hydrogens is 207 g/mol. The Hall–Kier alpha value is -1.09. The fourth-order valence-corrected chi connectivity index (χ4v) is 1.43. The predicted octanol–water partition coefficient (Wildman–Crippen LogP) is 3.08. The molecule has 0 aromatic heterocycles. The minimum atomic E-state index is -0.568. The summed E-state index contributed by atoms with van der Waals surface area (Å²) in [5, 5.41) is 0.211. The summed E-state index contributed by atoms with van der Waals surface area (Å²) in [6, 6.07) is 2.52. The van der Waals surface area contributed by atoms with Crippen molar-refractivity contribution in [3.8, 4) is 5.75 Å². The Bertz CT molecular complexity index is 363. The first kappa shape index (κ1) is 11.0. The van der Waals surface area contributed by atoms with Gasteiger partial charge in [0.15, 0.2) is 17.3 Å². The van der Waals surface area contributed by atoms with Crippen LogP contribution in [0.5, 0.6) is 5.75 Å². The lowest BCUT2D eigenvalue weighted by Crippen LogP contribution is -2.03. The molecule has 0 aliphatic carbocycles. The van der Waals surface area contributed by atoms with E-state index >= 15 is 0 Å². The molecule has 14 heavy (non-hydrogen) atoms. The van der Waals surface area contributed by atoms with E-state index in [0.717, 1.165) is 0 Å². The Morgan fingerprint density at radius 1 is 1.57 bits per heavy atom. The van der Waals surface area contributed by atoms with Crippen LogP contribution in [0.15, 0.2) is 12.1 Å². The molecule has 2 nitrogen and oxygen atoms in total. The maximum Gasteiger partial charge on any atom is 0.167 e. The van der Waals surface area contributed by atoms with E-state index in [1.165, 1.54) is 19.1 Å². The summed E-state index contributed by atoms with van der Waals surface area (Å²) in [4.78, 5) is 11.2. The van der Waals surface area contributed by atoms with Crippen LogP contribution in [0.1, 0.15) is 24.2 Å². The number of ketones is 1. The second-order valence-electron chi connectivity index (χ2n) is 2.72. The van der Waals surface area contributed by atoms with Crippen molar-refractivity contribution >= 4 is 17.4 Å². The molecule has 0 spiro atoms. The lowest BCUT2D eigenvalue weighted by Gasteiger charge is -2.10. The molecule has 0 saturated carbocycles. The van der Waals surface area contributed by atoms with Crippen LogP contribution in [0.4, 0.5) is 4.39 Å². The Kier molecular flexibility index (Phi) is 3.47. The van der Waals surface area contributed by atoms with E-state index in [2.05, 4.69) is 0 Å². The minimum absolute atomic E-state index is 0.0625.